The summed E-state index contributed by atoms with van der Waals surface area (Å²) in [4.78, 5) is 24.0. The Hall–Kier alpha value is -3.44. The molecule has 1 N–H and O–H groups in total. The van der Waals surface area contributed by atoms with E-state index in [4.69, 9.17) is 11.6 Å². The van der Waals surface area contributed by atoms with Gasteiger partial charge in [-0.1, -0.05) is 11.6 Å². The summed E-state index contributed by atoms with van der Waals surface area (Å²) in [7, 11) is 0. The lowest BCUT2D eigenvalue weighted by Gasteiger charge is -2.36. The maximum Gasteiger partial charge on any atom is 0.254 e. The van der Waals surface area contributed by atoms with Crippen LogP contribution in [0.4, 0.5) is 5.95 Å². The monoisotopic (exact) mass is 473 g/mol. The van der Waals surface area contributed by atoms with E-state index in [1.807, 2.05) is 18.5 Å². The largest absolute Gasteiger partial charge is 0.349 e. The number of aromatic nitrogens is 4. The van der Waals surface area contributed by atoms with Crippen LogP contribution in [0.2, 0.25) is 5.02 Å². The quantitative estimate of drug-likeness (QED) is 0.589. The zero-order valence-electron chi connectivity index (χ0n) is 18.6. The van der Waals surface area contributed by atoms with Crippen molar-refractivity contribution >= 4 is 23.5 Å². The first-order valence-corrected chi connectivity index (χ1v) is 12.0. The van der Waals surface area contributed by atoms with Gasteiger partial charge in [0, 0.05) is 48.3 Å². The summed E-state index contributed by atoms with van der Waals surface area (Å²) in [6.45, 7) is 2.65. The molecule has 3 aliphatic rings. The van der Waals surface area contributed by atoms with E-state index in [9.17, 15) is 10.1 Å². The van der Waals surface area contributed by atoms with Crippen molar-refractivity contribution in [3.63, 3.8) is 0 Å². The van der Waals surface area contributed by atoms with E-state index in [1.54, 1.807) is 29.2 Å². The van der Waals surface area contributed by atoms with E-state index >= 15 is 0 Å². The topological polar surface area (TPSA) is 99.7 Å². The van der Waals surface area contributed by atoms with Crippen molar-refractivity contribution in [3.05, 3.63) is 70.3 Å². The Morgan fingerprint density at radius 1 is 1.15 bits per heavy atom. The number of anilines is 1. The van der Waals surface area contributed by atoms with Crippen molar-refractivity contribution in [1.82, 2.24) is 25.1 Å². The minimum absolute atomic E-state index is 0.0731. The minimum Gasteiger partial charge on any atom is -0.349 e. The van der Waals surface area contributed by atoms with E-state index < -0.39 is 0 Å². The van der Waals surface area contributed by atoms with Crippen LogP contribution in [0.1, 0.15) is 52.2 Å². The maximum atomic E-state index is 12.7. The Morgan fingerprint density at radius 3 is 2.65 bits per heavy atom. The zero-order chi connectivity index (χ0) is 23.2. The van der Waals surface area contributed by atoms with Crippen LogP contribution in [0.3, 0.4) is 0 Å². The number of halogens is 1. The third-order valence-electron chi connectivity index (χ3n) is 7.24. The predicted octanol–water partition coefficient (Wildman–Crippen LogP) is 3.38. The average Bonchev–Trinajstić information content (AvgIpc) is 3.18. The Bertz CT molecular complexity index is 1270. The first kappa shape index (κ1) is 21.1. The minimum atomic E-state index is -0.138. The van der Waals surface area contributed by atoms with Crippen LogP contribution in [0.25, 0.3) is 0 Å². The van der Waals surface area contributed by atoms with Crippen LogP contribution in [0, 0.1) is 23.2 Å². The molecule has 9 heteroatoms. The van der Waals surface area contributed by atoms with Crippen molar-refractivity contribution in [2.75, 3.05) is 18.0 Å². The van der Waals surface area contributed by atoms with Gasteiger partial charge < -0.3 is 10.2 Å². The molecule has 2 aromatic heterocycles. The van der Waals surface area contributed by atoms with Gasteiger partial charge in [0.15, 0.2) is 0 Å². The average molecular weight is 474 g/mol. The van der Waals surface area contributed by atoms with Crippen molar-refractivity contribution in [2.45, 2.75) is 37.8 Å². The SMILES string of the molecule is N#Cc1ccc(Cl)cc1C1CC(NC(=O)c2cnn(Cc3cnc(N4CC5CC5C4)nc3)c2)C1. The summed E-state index contributed by atoms with van der Waals surface area (Å²) < 4.78 is 1.73. The number of hydrogen-bond donors (Lipinski definition) is 1. The summed E-state index contributed by atoms with van der Waals surface area (Å²) >= 11 is 6.11. The molecule has 172 valence electrons. The molecule has 34 heavy (non-hydrogen) atoms. The number of piperidine rings is 1. The first-order valence-electron chi connectivity index (χ1n) is 11.6. The molecule has 1 aliphatic heterocycles. The molecule has 3 heterocycles. The van der Waals surface area contributed by atoms with Gasteiger partial charge in [0.25, 0.3) is 5.91 Å². The second-order valence-electron chi connectivity index (χ2n) is 9.66. The molecule has 3 fully saturated rings. The van der Waals surface area contributed by atoms with E-state index in [1.165, 1.54) is 6.42 Å². The Morgan fingerprint density at radius 2 is 1.91 bits per heavy atom. The lowest BCUT2D eigenvalue weighted by Crippen LogP contribution is -2.43. The molecule has 2 aliphatic carbocycles. The lowest BCUT2D eigenvalue weighted by molar-refractivity contribution is 0.0909. The van der Waals surface area contributed by atoms with Crippen molar-refractivity contribution in [3.8, 4) is 6.07 Å². The van der Waals surface area contributed by atoms with Gasteiger partial charge in [0.1, 0.15) is 0 Å². The number of carbonyl (C=O) groups excluding carboxylic acids is 1. The van der Waals surface area contributed by atoms with E-state index in [0.29, 0.717) is 22.7 Å². The fraction of sp³-hybridized carbons (Fsp3) is 0.400. The second kappa shape index (κ2) is 8.41. The highest BCUT2D eigenvalue weighted by Gasteiger charge is 2.45. The maximum absolute atomic E-state index is 12.7. The van der Waals surface area contributed by atoms with Gasteiger partial charge in [-0.25, -0.2) is 9.97 Å². The number of carbonyl (C=O) groups is 1. The number of nitrogens with one attached hydrogen (secondary N) is 1. The van der Waals surface area contributed by atoms with Gasteiger partial charge in [-0.05, 0) is 60.8 Å². The standard InChI is InChI=1S/C25H24ClN7O/c26-21-2-1-16(7-27)23(6-21)17-4-22(5-17)31-24(34)20-10-30-33(14-20)11-15-8-28-25(29-9-15)32-12-18-3-19(18)13-32/h1-2,6,8-10,14,17-19,22H,3-5,11-13H2,(H,31,34). The predicted molar refractivity (Wildman–Crippen MR) is 127 cm³/mol. The number of benzene rings is 1. The molecular formula is C25H24ClN7O. The molecule has 0 spiro atoms. The Kier molecular flexibility index (Phi) is 5.22. The highest BCUT2D eigenvalue weighted by Crippen LogP contribution is 2.45. The van der Waals surface area contributed by atoms with Crippen LogP contribution in [0.15, 0.2) is 43.0 Å². The van der Waals surface area contributed by atoms with Crippen molar-refractivity contribution in [1.29, 1.82) is 5.26 Å². The fourth-order valence-corrected chi connectivity index (χ4v) is 5.32. The van der Waals surface area contributed by atoms with Crippen LogP contribution < -0.4 is 10.2 Å². The normalized spacial score (nSPS) is 24.8. The third-order valence-corrected chi connectivity index (χ3v) is 7.48. The molecule has 0 radical (unpaired) electrons. The van der Waals surface area contributed by atoms with Crippen LogP contribution in [-0.4, -0.2) is 44.8 Å². The third kappa shape index (κ3) is 4.12. The molecule has 0 bridgehead atoms. The molecular weight excluding hydrogens is 450 g/mol. The van der Waals surface area contributed by atoms with Crippen molar-refractivity contribution < 1.29 is 4.79 Å². The molecule has 1 aromatic carbocycles. The summed E-state index contributed by atoms with van der Waals surface area (Å²) in [5, 5.41) is 17.4. The van der Waals surface area contributed by atoms with Gasteiger partial charge in [0.05, 0.1) is 29.9 Å². The highest BCUT2D eigenvalue weighted by atomic mass is 35.5. The second-order valence-corrected chi connectivity index (χ2v) is 10.1. The van der Waals surface area contributed by atoms with Crippen LogP contribution in [0.5, 0.6) is 0 Å². The number of hydrogen-bond acceptors (Lipinski definition) is 6. The Balaban J connectivity index is 1.02. The summed E-state index contributed by atoms with van der Waals surface area (Å²) in [5.41, 5.74) is 3.08. The molecule has 3 aromatic rings. The molecule has 2 saturated carbocycles. The van der Waals surface area contributed by atoms with Gasteiger partial charge in [0.2, 0.25) is 5.95 Å². The molecule has 2 unspecified atom stereocenters. The van der Waals surface area contributed by atoms with Gasteiger partial charge in [-0.2, -0.15) is 10.4 Å². The van der Waals surface area contributed by atoms with Crippen LogP contribution >= 0.6 is 11.6 Å². The molecule has 1 saturated heterocycles. The van der Waals surface area contributed by atoms with Gasteiger partial charge >= 0.3 is 0 Å². The van der Waals surface area contributed by atoms with E-state index in [-0.39, 0.29) is 17.9 Å². The van der Waals surface area contributed by atoms with Crippen molar-refractivity contribution in [2.24, 2.45) is 11.8 Å². The Labute approximate surface area is 202 Å². The first-order chi connectivity index (χ1) is 16.6. The summed E-state index contributed by atoms with van der Waals surface area (Å²) in [6.07, 6.45) is 9.95. The molecule has 2 atom stereocenters. The number of amides is 1. The molecule has 8 nitrogen and oxygen atoms in total. The molecule has 1 amide bonds. The number of nitriles is 1. The fourth-order valence-electron chi connectivity index (χ4n) is 5.14. The van der Waals surface area contributed by atoms with Gasteiger partial charge in [-0.15, -0.1) is 0 Å². The smallest absolute Gasteiger partial charge is 0.254 e. The number of fused-ring (bicyclic) bond motifs is 1. The lowest BCUT2D eigenvalue weighted by atomic mass is 9.74. The number of nitrogens with zero attached hydrogens (tertiary/aromatic N) is 6. The molecule has 6 rings (SSSR count). The summed E-state index contributed by atoms with van der Waals surface area (Å²) in [5.74, 6) is 2.58. The van der Waals surface area contributed by atoms with E-state index in [0.717, 1.165) is 54.8 Å². The van der Waals surface area contributed by atoms with E-state index in [2.05, 4.69) is 31.4 Å². The zero-order valence-corrected chi connectivity index (χ0v) is 19.3. The summed E-state index contributed by atoms with van der Waals surface area (Å²) in [6, 6.07) is 7.65. The number of rotatable bonds is 6. The van der Waals surface area contributed by atoms with Crippen LogP contribution in [-0.2, 0) is 6.54 Å². The highest BCUT2D eigenvalue weighted by molar-refractivity contribution is 6.30. The van der Waals surface area contributed by atoms with Gasteiger partial charge in [-0.3, -0.25) is 9.48 Å².